The van der Waals surface area contributed by atoms with Gasteiger partial charge in [0.15, 0.2) is 11.6 Å². The molecule has 3 nitrogen and oxygen atoms in total. The van der Waals surface area contributed by atoms with Crippen LogP contribution in [0.25, 0.3) is 0 Å². The molecular weight excluding hydrogens is 272 g/mol. The summed E-state index contributed by atoms with van der Waals surface area (Å²) in [5.41, 5.74) is 1.83. The fraction of sp³-hybridized carbons (Fsp3) is 0.438. The molecule has 1 unspecified atom stereocenters. The van der Waals surface area contributed by atoms with Gasteiger partial charge in [0, 0.05) is 18.8 Å². The van der Waals surface area contributed by atoms with E-state index in [0.717, 1.165) is 30.6 Å². The summed E-state index contributed by atoms with van der Waals surface area (Å²) in [7, 11) is 0. The summed E-state index contributed by atoms with van der Waals surface area (Å²) >= 11 is 0. The SMILES string of the molecule is CCCNC(Cc1cnn(CC)c1)c1ccc(F)c(F)c1. The molecule has 2 aromatic rings. The maximum absolute atomic E-state index is 13.4. The zero-order chi connectivity index (χ0) is 15.2. The third-order valence-corrected chi connectivity index (χ3v) is 3.44. The van der Waals surface area contributed by atoms with E-state index >= 15 is 0 Å². The molecule has 1 aromatic heterocycles. The molecule has 0 bridgehead atoms. The van der Waals surface area contributed by atoms with Gasteiger partial charge in [0.2, 0.25) is 0 Å². The highest BCUT2D eigenvalue weighted by molar-refractivity contribution is 5.23. The number of hydrogen-bond donors (Lipinski definition) is 1. The van der Waals surface area contributed by atoms with E-state index in [9.17, 15) is 8.78 Å². The third-order valence-electron chi connectivity index (χ3n) is 3.44. The van der Waals surface area contributed by atoms with Crippen LogP contribution in [0.2, 0.25) is 0 Å². The minimum atomic E-state index is -0.813. The number of hydrogen-bond acceptors (Lipinski definition) is 2. The second-order valence-corrected chi connectivity index (χ2v) is 5.09. The van der Waals surface area contributed by atoms with Crippen LogP contribution in [0.5, 0.6) is 0 Å². The fourth-order valence-electron chi connectivity index (χ4n) is 2.28. The molecule has 2 rings (SSSR count). The molecule has 1 atom stereocenters. The minimum Gasteiger partial charge on any atom is -0.310 e. The Kier molecular flexibility index (Phi) is 5.44. The highest BCUT2D eigenvalue weighted by Gasteiger charge is 2.15. The monoisotopic (exact) mass is 293 g/mol. The summed E-state index contributed by atoms with van der Waals surface area (Å²) in [5, 5.41) is 7.63. The molecule has 1 heterocycles. The van der Waals surface area contributed by atoms with Crippen molar-refractivity contribution in [2.24, 2.45) is 0 Å². The Balaban J connectivity index is 2.18. The zero-order valence-electron chi connectivity index (χ0n) is 12.4. The van der Waals surface area contributed by atoms with Crippen LogP contribution >= 0.6 is 0 Å². The molecule has 0 spiro atoms. The Labute approximate surface area is 124 Å². The van der Waals surface area contributed by atoms with Crippen molar-refractivity contribution in [1.29, 1.82) is 0 Å². The lowest BCUT2D eigenvalue weighted by atomic mass is 10.0. The Morgan fingerprint density at radius 2 is 2.05 bits per heavy atom. The summed E-state index contributed by atoms with van der Waals surface area (Å²) in [6.07, 6.45) is 5.49. The highest BCUT2D eigenvalue weighted by Crippen LogP contribution is 2.20. The van der Waals surface area contributed by atoms with Gasteiger partial charge in [0.1, 0.15) is 0 Å². The molecule has 0 saturated heterocycles. The van der Waals surface area contributed by atoms with Gasteiger partial charge in [-0.05, 0) is 49.6 Å². The van der Waals surface area contributed by atoms with Gasteiger partial charge in [-0.25, -0.2) is 8.78 Å². The summed E-state index contributed by atoms with van der Waals surface area (Å²) in [6, 6.07) is 4.04. The Morgan fingerprint density at radius 3 is 2.67 bits per heavy atom. The molecule has 5 heteroatoms. The first-order chi connectivity index (χ1) is 10.1. The molecule has 1 aromatic carbocycles. The van der Waals surface area contributed by atoms with E-state index in [0.29, 0.717) is 6.42 Å². The standard InChI is InChI=1S/C16H21F2N3/c1-3-7-19-16(8-12-10-20-21(4-2)11-12)13-5-6-14(17)15(18)9-13/h5-6,9-11,16,19H,3-4,7-8H2,1-2H3. The van der Waals surface area contributed by atoms with Gasteiger partial charge in [-0.3, -0.25) is 4.68 Å². The number of rotatable bonds is 7. The third kappa shape index (κ3) is 4.11. The first-order valence-electron chi connectivity index (χ1n) is 7.33. The topological polar surface area (TPSA) is 29.9 Å². The van der Waals surface area contributed by atoms with E-state index in [1.54, 1.807) is 6.07 Å². The van der Waals surface area contributed by atoms with Crippen molar-refractivity contribution < 1.29 is 8.78 Å². The van der Waals surface area contributed by atoms with E-state index in [-0.39, 0.29) is 6.04 Å². The molecule has 114 valence electrons. The van der Waals surface area contributed by atoms with Crippen LogP contribution in [0.3, 0.4) is 0 Å². The largest absolute Gasteiger partial charge is 0.310 e. The zero-order valence-corrected chi connectivity index (χ0v) is 12.4. The van der Waals surface area contributed by atoms with Crippen LogP contribution in [0.4, 0.5) is 8.78 Å². The predicted molar refractivity (Wildman–Crippen MR) is 79.0 cm³/mol. The first-order valence-corrected chi connectivity index (χ1v) is 7.33. The van der Waals surface area contributed by atoms with Gasteiger partial charge in [0.25, 0.3) is 0 Å². The molecule has 0 aliphatic carbocycles. The number of nitrogens with one attached hydrogen (secondary N) is 1. The van der Waals surface area contributed by atoms with Crippen LogP contribution in [0, 0.1) is 11.6 Å². The number of aromatic nitrogens is 2. The van der Waals surface area contributed by atoms with Crippen molar-refractivity contribution in [3.8, 4) is 0 Å². The lowest BCUT2D eigenvalue weighted by molar-refractivity contribution is 0.493. The molecule has 1 N–H and O–H groups in total. The Hall–Kier alpha value is -1.75. The van der Waals surface area contributed by atoms with Gasteiger partial charge in [0.05, 0.1) is 6.20 Å². The molecule has 0 radical (unpaired) electrons. The molecule has 21 heavy (non-hydrogen) atoms. The summed E-state index contributed by atoms with van der Waals surface area (Å²) < 4.78 is 28.4. The van der Waals surface area contributed by atoms with Gasteiger partial charge in [-0.1, -0.05) is 13.0 Å². The molecule has 0 aliphatic rings. The maximum Gasteiger partial charge on any atom is 0.159 e. The van der Waals surface area contributed by atoms with Crippen molar-refractivity contribution >= 4 is 0 Å². The average Bonchev–Trinajstić information content (AvgIpc) is 2.94. The second-order valence-electron chi connectivity index (χ2n) is 5.09. The lowest BCUT2D eigenvalue weighted by Gasteiger charge is -2.18. The van der Waals surface area contributed by atoms with Crippen molar-refractivity contribution in [3.05, 3.63) is 53.4 Å². The molecule has 0 aliphatic heterocycles. The van der Waals surface area contributed by atoms with E-state index in [2.05, 4.69) is 17.3 Å². The van der Waals surface area contributed by atoms with Crippen molar-refractivity contribution in [1.82, 2.24) is 15.1 Å². The van der Waals surface area contributed by atoms with Crippen molar-refractivity contribution in [3.63, 3.8) is 0 Å². The number of benzene rings is 1. The Bertz CT molecular complexity index is 581. The van der Waals surface area contributed by atoms with Gasteiger partial charge in [-0.15, -0.1) is 0 Å². The second kappa shape index (κ2) is 7.31. The van der Waals surface area contributed by atoms with Crippen LogP contribution in [-0.4, -0.2) is 16.3 Å². The maximum atomic E-state index is 13.4. The highest BCUT2D eigenvalue weighted by atomic mass is 19.2. The molecule has 0 amide bonds. The predicted octanol–water partition coefficient (Wildman–Crippen LogP) is 3.46. The number of aryl methyl sites for hydroxylation is 1. The first kappa shape index (κ1) is 15.6. The summed E-state index contributed by atoms with van der Waals surface area (Å²) in [5.74, 6) is -1.62. The van der Waals surface area contributed by atoms with Crippen LogP contribution in [0.15, 0.2) is 30.6 Å². The molecular formula is C16H21F2N3. The van der Waals surface area contributed by atoms with Crippen LogP contribution in [-0.2, 0) is 13.0 Å². The number of nitrogens with zero attached hydrogens (tertiary/aromatic N) is 2. The lowest BCUT2D eigenvalue weighted by Crippen LogP contribution is -2.24. The quantitative estimate of drug-likeness (QED) is 0.847. The average molecular weight is 293 g/mol. The van der Waals surface area contributed by atoms with Crippen molar-refractivity contribution in [2.75, 3.05) is 6.54 Å². The van der Waals surface area contributed by atoms with E-state index < -0.39 is 11.6 Å². The fourth-order valence-corrected chi connectivity index (χ4v) is 2.28. The summed E-state index contributed by atoms with van der Waals surface area (Å²) in [4.78, 5) is 0. The van der Waals surface area contributed by atoms with Gasteiger partial charge >= 0.3 is 0 Å². The molecule has 0 saturated carbocycles. The van der Waals surface area contributed by atoms with Crippen LogP contribution < -0.4 is 5.32 Å². The van der Waals surface area contributed by atoms with E-state index in [1.807, 2.05) is 24.0 Å². The smallest absolute Gasteiger partial charge is 0.159 e. The van der Waals surface area contributed by atoms with E-state index in [1.165, 1.54) is 12.1 Å². The minimum absolute atomic E-state index is 0.0467. The Morgan fingerprint density at radius 1 is 1.24 bits per heavy atom. The normalized spacial score (nSPS) is 12.6. The van der Waals surface area contributed by atoms with Gasteiger partial charge in [-0.2, -0.15) is 5.10 Å². The van der Waals surface area contributed by atoms with E-state index in [4.69, 9.17) is 0 Å². The van der Waals surface area contributed by atoms with Crippen molar-refractivity contribution in [2.45, 2.75) is 39.3 Å². The van der Waals surface area contributed by atoms with Gasteiger partial charge < -0.3 is 5.32 Å². The van der Waals surface area contributed by atoms with Crippen LogP contribution in [0.1, 0.15) is 37.4 Å². The number of halogens is 2. The molecule has 0 fully saturated rings. The summed E-state index contributed by atoms with van der Waals surface area (Å²) in [6.45, 7) is 5.74.